The zero-order valence-corrected chi connectivity index (χ0v) is 19.7. The van der Waals surface area contributed by atoms with Crippen LogP contribution in [-0.4, -0.2) is 30.2 Å². The Labute approximate surface area is 185 Å². The third-order valence-electron chi connectivity index (χ3n) is 7.93. The summed E-state index contributed by atoms with van der Waals surface area (Å²) in [5.41, 5.74) is 0. The van der Waals surface area contributed by atoms with Crippen molar-refractivity contribution in [1.29, 1.82) is 0 Å². The summed E-state index contributed by atoms with van der Waals surface area (Å²) in [4.78, 5) is 0. The summed E-state index contributed by atoms with van der Waals surface area (Å²) in [5.74, 6) is 3.49. The van der Waals surface area contributed by atoms with Crippen LogP contribution in [0.2, 0.25) is 0 Å². The summed E-state index contributed by atoms with van der Waals surface area (Å²) in [6.45, 7) is 7.67. The predicted molar refractivity (Wildman–Crippen MR) is 124 cm³/mol. The Morgan fingerprint density at radius 2 is 1.60 bits per heavy atom. The van der Waals surface area contributed by atoms with E-state index in [0.717, 1.165) is 37.7 Å². The van der Waals surface area contributed by atoms with Gasteiger partial charge in [0.05, 0.1) is 18.8 Å². The van der Waals surface area contributed by atoms with Gasteiger partial charge >= 0.3 is 0 Å². The van der Waals surface area contributed by atoms with Crippen LogP contribution in [0.15, 0.2) is 24.3 Å². The summed E-state index contributed by atoms with van der Waals surface area (Å²) >= 11 is 0. The van der Waals surface area contributed by atoms with Gasteiger partial charge in [0, 0.05) is 0 Å². The van der Waals surface area contributed by atoms with E-state index in [1.165, 1.54) is 51.4 Å². The molecule has 3 heteroatoms. The first kappa shape index (κ1) is 24.0. The summed E-state index contributed by atoms with van der Waals surface area (Å²) in [6.07, 6.45) is 22.6. The number of hydrogen-bond donors (Lipinski definition) is 1. The first-order valence-electron chi connectivity index (χ1n) is 12.9. The van der Waals surface area contributed by atoms with E-state index >= 15 is 0 Å². The van der Waals surface area contributed by atoms with Gasteiger partial charge in [-0.1, -0.05) is 63.8 Å². The van der Waals surface area contributed by atoms with Gasteiger partial charge in [0.2, 0.25) is 0 Å². The fourth-order valence-corrected chi connectivity index (χ4v) is 5.83. The molecule has 1 saturated carbocycles. The van der Waals surface area contributed by atoms with Crippen molar-refractivity contribution in [2.75, 3.05) is 6.61 Å². The number of aliphatic hydroxyl groups excluding tert-OH is 1. The van der Waals surface area contributed by atoms with Crippen molar-refractivity contribution in [2.45, 2.75) is 110 Å². The molecular formula is C27H46O3. The summed E-state index contributed by atoms with van der Waals surface area (Å²) in [7, 11) is 0. The van der Waals surface area contributed by atoms with Crippen molar-refractivity contribution in [3.63, 3.8) is 0 Å². The third-order valence-corrected chi connectivity index (χ3v) is 7.93. The van der Waals surface area contributed by atoms with E-state index in [9.17, 15) is 5.11 Å². The Hall–Kier alpha value is -0.640. The van der Waals surface area contributed by atoms with Gasteiger partial charge in [-0.15, -0.1) is 0 Å². The van der Waals surface area contributed by atoms with E-state index in [1.54, 1.807) is 0 Å². The smallest absolute Gasteiger partial charge is 0.155 e. The molecule has 0 aromatic rings. The average Bonchev–Trinajstić information content (AvgIpc) is 2.78. The second-order valence-electron chi connectivity index (χ2n) is 10.3. The van der Waals surface area contributed by atoms with Crippen LogP contribution in [0.4, 0.5) is 0 Å². The Morgan fingerprint density at radius 1 is 0.867 bits per heavy atom. The number of hydrogen-bond acceptors (Lipinski definition) is 3. The number of allylic oxidation sites excluding steroid dienone is 2. The fraction of sp³-hybridized carbons (Fsp3) is 0.852. The van der Waals surface area contributed by atoms with Gasteiger partial charge in [0.15, 0.2) is 6.29 Å². The molecule has 0 bridgehead atoms. The molecule has 7 unspecified atom stereocenters. The lowest BCUT2D eigenvalue weighted by Gasteiger charge is -2.34. The first-order chi connectivity index (χ1) is 14.5. The van der Waals surface area contributed by atoms with E-state index < -0.39 is 0 Å². The highest BCUT2D eigenvalue weighted by Crippen LogP contribution is 2.36. The third kappa shape index (κ3) is 7.50. The van der Waals surface area contributed by atoms with Gasteiger partial charge in [-0.05, 0) is 81.5 Å². The minimum Gasteiger partial charge on any atom is -0.389 e. The summed E-state index contributed by atoms with van der Waals surface area (Å²) < 4.78 is 12.2. The van der Waals surface area contributed by atoms with Crippen molar-refractivity contribution in [3.05, 3.63) is 24.3 Å². The highest BCUT2D eigenvalue weighted by atomic mass is 16.7. The van der Waals surface area contributed by atoms with Crippen LogP contribution in [-0.2, 0) is 9.47 Å². The van der Waals surface area contributed by atoms with E-state index in [1.807, 2.05) is 6.08 Å². The molecule has 30 heavy (non-hydrogen) atoms. The summed E-state index contributed by atoms with van der Waals surface area (Å²) in [6, 6.07) is 0. The minimum absolute atomic E-state index is 0.103. The highest BCUT2D eigenvalue weighted by Gasteiger charge is 2.28. The molecule has 0 spiro atoms. The van der Waals surface area contributed by atoms with Gasteiger partial charge in [0.1, 0.15) is 0 Å². The molecule has 1 fully saturated rings. The molecule has 7 atom stereocenters. The number of rotatable bonds is 10. The Kier molecular flexibility index (Phi) is 9.93. The Morgan fingerprint density at radius 3 is 2.23 bits per heavy atom. The minimum atomic E-state index is -0.220. The van der Waals surface area contributed by atoms with E-state index in [2.05, 4.69) is 39.0 Å². The number of ether oxygens (including phenoxy) is 2. The van der Waals surface area contributed by atoms with Crippen LogP contribution in [0.25, 0.3) is 0 Å². The zero-order chi connectivity index (χ0) is 21.3. The van der Waals surface area contributed by atoms with Crippen molar-refractivity contribution < 1.29 is 14.6 Å². The maximum absolute atomic E-state index is 9.71. The first-order valence-corrected chi connectivity index (χ1v) is 12.9. The normalized spacial score (nSPS) is 33.3. The van der Waals surface area contributed by atoms with Crippen LogP contribution in [0, 0.1) is 29.6 Å². The van der Waals surface area contributed by atoms with Crippen molar-refractivity contribution in [2.24, 2.45) is 29.6 Å². The molecule has 0 aliphatic heterocycles. The lowest BCUT2D eigenvalue weighted by Crippen LogP contribution is -2.28. The van der Waals surface area contributed by atoms with Crippen LogP contribution in [0.5, 0.6) is 0 Å². The van der Waals surface area contributed by atoms with Gasteiger partial charge < -0.3 is 14.6 Å². The van der Waals surface area contributed by atoms with E-state index in [0.29, 0.717) is 17.8 Å². The van der Waals surface area contributed by atoms with Crippen molar-refractivity contribution in [1.82, 2.24) is 0 Å². The van der Waals surface area contributed by atoms with Gasteiger partial charge in [-0.25, -0.2) is 0 Å². The van der Waals surface area contributed by atoms with Gasteiger partial charge in [0.25, 0.3) is 0 Å². The Balaban J connectivity index is 1.40. The Bertz CT molecular complexity index is 536. The zero-order valence-electron chi connectivity index (χ0n) is 19.7. The lowest BCUT2D eigenvalue weighted by molar-refractivity contribution is -0.160. The van der Waals surface area contributed by atoms with Crippen LogP contribution in [0.1, 0.15) is 91.4 Å². The second kappa shape index (κ2) is 12.4. The van der Waals surface area contributed by atoms with E-state index in [-0.39, 0.29) is 18.5 Å². The van der Waals surface area contributed by atoms with Crippen LogP contribution in [0.3, 0.4) is 0 Å². The van der Waals surface area contributed by atoms with Crippen molar-refractivity contribution >= 4 is 0 Å². The monoisotopic (exact) mass is 418 g/mol. The molecule has 3 rings (SSSR count). The molecule has 0 aromatic heterocycles. The molecule has 0 saturated heterocycles. The standard InChI is InChI=1S/C27H46O3/c1-4-23(18-20(2)24-10-14-26(28)15-11-24)25-12-16-27(17-13-25)30-21(3)29-19-22-8-6-5-7-9-22/h10,12,14,16,20-28H,4-9,11,13,15,17-19H2,1-3H3. The summed E-state index contributed by atoms with van der Waals surface area (Å²) in [5, 5.41) is 9.71. The quantitative estimate of drug-likeness (QED) is 0.318. The van der Waals surface area contributed by atoms with Crippen molar-refractivity contribution in [3.8, 4) is 0 Å². The maximum Gasteiger partial charge on any atom is 0.155 e. The largest absolute Gasteiger partial charge is 0.389 e. The molecular weight excluding hydrogens is 372 g/mol. The average molecular weight is 419 g/mol. The fourth-order valence-electron chi connectivity index (χ4n) is 5.83. The SMILES string of the molecule is CCC(CC(C)C1C=CC(O)CC1)C1C=CC(OC(C)OCC2CCCCC2)CC1. The maximum atomic E-state index is 9.71. The molecule has 172 valence electrons. The molecule has 0 aromatic carbocycles. The second-order valence-corrected chi connectivity index (χ2v) is 10.3. The molecule has 0 heterocycles. The lowest BCUT2D eigenvalue weighted by atomic mass is 9.74. The molecule has 0 radical (unpaired) electrons. The molecule has 3 aliphatic carbocycles. The van der Waals surface area contributed by atoms with Gasteiger partial charge in [-0.3, -0.25) is 0 Å². The molecule has 3 nitrogen and oxygen atoms in total. The van der Waals surface area contributed by atoms with E-state index in [4.69, 9.17) is 9.47 Å². The number of aliphatic hydroxyl groups is 1. The van der Waals surface area contributed by atoms with Crippen LogP contribution >= 0.6 is 0 Å². The highest BCUT2D eigenvalue weighted by molar-refractivity contribution is 5.03. The molecule has 1 N–H and O–H groups in total. The molecule has 0 amide bonds. The van der Waals surface area contributed by atoms with Crippen LogP contribution < -0.4 is 0 Å². The topological polar surface area (TPSA) is 38.7 Å². The predicted octanol–water partition coefficient (Wildman–Crippen LogP) is 6.66. The van der Waals surface area contributed by atoms with Gasteiger partial charge in [-0.2, -0.15) is 0 Å². The molecule has 3 aliphatic rings.